The topological polar surface area (TPSA) is 72.9 Å². The van der Waals surface area contributed by atoms with Crippen LogP contribution in [-0.2, 0) is 4.74 Å². The molecule has 0 bridgehead atoms. The number of fused-ring (bicyclic) bond motifs is 1. The fourth-order valence-corrected chi connectivity index (χ4v) is 3.32. The third-order valence-electron chi connectivity index (χ3n) is 4.75. The van der Waals surface area contributed by atoms with E-state index in [0.29, 0.717) is 31.8 Å². The summed E-state index contributed by atoms with van der Waals surface area (Å²) in [6, 6.07) is 9.79. The van der Waals surface area contributed by atoms with Crippen molar-refractivity contribution in [3.8, 4) is 11.3 Å². The largest absolute Gasteiger partial charge is 0.374 e. The van der Waals surface area contributed by atoms with Crippen LogP contribution in [0.1, 0.15) is 16.8 Å². The maximum atomic E-state index is 13.1. The molecule has 156 valence electrons. The van der Waals surface area contributed by atoms with Crippen LogP contribution in [0.15, 0.2) is 48.8 Å². The minimum absolute atomic E-state index is 0. The molecular weight excluding hydrogens is 418 g/mol. The van der Waals surface area contributed by atoms with Gasteiger partial charge in [0.15, 0.2) is 0 Å². The van der Waals surface area contributed by atoms with Crippen LogP contribution in [-0.4, -0.2) is 52.5 Å². The van der Waals surface area contributed by atoms with E-state index in [9.17, 15) is 9.18 Å². The van der Waals surface area contributed by atoms with Gasteiger partial charge in [0.1, 0.15) is 11.5 Å². The minimum Gasteiger partial charge on any atom is -0.374 e. The Morgan fingerprint density at radius 2 is 1.93 bits per heavy atom. The molecule has 0 radical (unpaired) electrons. The number of ether oxygens (including phenoxy) is 1. The quantitative estimate of drug-likeness (QED) is 0.675. The summed E-state index contributed by atoms with van der Waals surface area (Å²) in [5, 5.41) is 0. The van der Waals surface area contributed by atoms with Crippen molar-refractivity contribution in [1.82, 2.24) is 14.3 Å². The number of pyridine rings is 1. The van der Waals surface area contributed by atoms with Crippen molar-refractivity contribution in [3.05, 3.63) is 60.2 Å². The Hall–Kier alpha value is -2.19. The Balaban J connectivity index is 0.00000150. The smallest absolute Gasteiger partial charge is 0.255 e. The van der Waals surface area contributed by atoms with Gasteiger partial charge in [-0.3, -0.25) is 4.79 Å². The highest BCUT2D eigenvalue weighted by molar-refractivity contribution is 5.94. The number of morpholine rings is 1. The normalized spacial score (nSPS) is 16.2. The zero-order valence-corrected chi connectivity index (χ0v) is 17.3. The number of nitrogens with two attached hydrogens (primary N) is 1. The molecule has 0 aliphatic carbocycles. The van der Waals surface area contributed by atoms with Gasteiger partial charge in [0.25, 0.3) is 5.91 Å². The van der Waals surface area contributed by atoms with Crippen LogP contribution in [0.3, 0.4) is 0 Å². The van der Waals surface area contributed by atoms with Crippen LogP contribution in [0, 0.1) is 5.82 Å². The Morgan fingerprint density at radius 3 is 2.66 bits per heavy atom. The maximum absolute atomic E-state index is 13.1. The highest BCUT2D eigenvalue weighted by Gasteiger charge is 2.25. The number of aromatic nitrogens is 2. The number of imidazole rings is 1. The molecule has 1 saturated heterocycles. The predicted molar refractivity (Wildman–Crippen MR) is 114 cm³/mol. The van der Waals surface area contributed by atoms with E-state index in [0.717, 1.165) is 23.3 Å². The lowest BCUT2D eigenvalue weighted by atomic mass is 10.1. The summed E-state index contributed by atoms with van der Waals surface area (Å²) in [6.07, 6.45) is 4.36. The minimum atomic E-state index is -0.283. The molecule has 2 N–H and O–H groups in total. The third kappa shape index (κ3) is 5.05. The third-order valence-corrected chi connectivity index (χ3v) is 4.75. The monoisotopic (exact) mass is 440 g/mol. The van der Waals surface area contributed by atoms with Gasteiger partial charge in [0.05, 0.1) is 24.0 Å². The number of hydrogen-bond acceptors (Lipinski definition) is 4. The molecule has 1 aromatic carbocycles. The first kappa shape index (κ1) is 23.1. The highest BCUT2D eigenvalue weighted by Crippen LogP contribution is 2.20. The van der Waals surface area contributed by atoms with E-state index in [2.05, 4.69) is 4.98 Å². The number of benzene rings is 1. The molecule has 1 aliphatic heterocycles. The molecule has 4 rings (SSSR count). The molecule has 0 spiro atoms. The van der Waals surface area contributed by atoms with Gasteiger partial charge in [-0.15, -0.1) is 24.8 Å². The number of carbonyl (C=O) groups is 1. The van der Waals surface area contributed by atoms with Gasteiger partial charge in [0.2, 0.25) is 0 Å². The lowest BCUT2D eigenvalue weighted by Gasteiger charge is -2.32. The molecule has 0 saturated carbocycles. The summed E-state index contributed by atoms with van der Waals surface area (Å²) in [6.45, 7) is 2.19. The maximum Gasteiger partial charge on any atom is 0.255 e. The average Bonchev–Trinajstić information content (AvgIpc) is 3.11. The highest BCUT2D eigenvalue weighted by atomic mass is 35.5. The Kier molecular flexibility index (Phi) is 7.98. The number of halogens is 3. The SMILES string of the molecule is Cl.Cl.NCCC1CN(C(=O)c2ccc3nc(-c4ccc(F)cc4)cn3c2)CCO1. The van der Waals surface area contributed by atoms with Crippen LogP contribution >= 0.6 is 24.8 Å². The average molecular weight is 441 g/mol. The molecule has 3 heterocycles. The van der Waals surface area contributed by atoms with Gasteiger partial charge in [-0.25, -0.2) is 9.37 Å². The van der Waals surface area contributed by atoms with E-state index in [1.54, 1.807) is 24.4 Å². The van der Waals surface area contributed by atoms with Gasteiger partial charge >= 0.3 is 0 Å². The first-order valence-corrected chi connectivity index (χ1v) is 8.99. The number of hydrogen-bond donors (Lipinski definition) is 1. The summed E-state index contributed by atoms with van der Waals surface area (Å²) in [5.74, 6) is -0.312. The van der Waals surface area contributed by atoms with E-state index >= 15 is 0 Å². The van der Waals surface area contributed by atoms with E-state index in [1.807, 2.05) is 21.6 Å². The van der Waals surface area contributed by atoms with E-state index in [4.69, 9.17) is 10.5 Å². The van der Waals surface area contributed by atoms with Gasteiger partial charge in [0, 0.05) is 31.0 Å². The number of rotatable bonds is 4. The summed E-state index contributed by atoms with van der Waals surface area (Å²) in [5.41, 5.74) is 8.48. The summed E-state index contributed by atoms with van der Waals surface area (Å²) in [7, 11) is 0. The lowest BCUT2D eigenvalue weighted by Crippen LogP contribution is -2.46. The van der Waals surface area contributed by atoms with Crippen molar-refractivity contribution in [3.63, 3.8) is 0 Å². The Bertz CT molecular complexity index is 963. The summed E-state index contributed by atoms with van der Waals surface area (Å²) in [4.78, 5) is 19.2. The van der Waals surface area contributed by atoms with Crippen molar-refractivity contribution < 1.29 is 13.9 Å². The van der Waals surface area contributed by atoms with Crippen LogP contribution in [0.4, 0.5) is 4.39 Å². The Morgan fingerprint density at radius 1 is 1.17 bits per heavy atom. The first-order valence-electron chi connectivity index (χ1n) is 8.99. The number of amides is 1. The molecule has 3 aromatic rings. The number of nitrogens with zero attached hydrogens (tertiary/aromatic N) is 3. The second kappa shape index (κ2) is 10.0. The van der Waals surface area contributed by atoms with Crippen molar-refractivity contribution in [2.75, 3.05) is 26.2 Å². The van der Waals surface area contributed by atoms with E-state index < -0.39 is 0 Å². The molecule has 9 heteroatoms. The molecule has 2 aromatic heterocycles. The summed E-state index contributed by atoms with van der Waals surface area (Å²) < 4.78 is 20.6. The first-order chi connectivity index (χ1) is 13.1. The van der Waals surface area contributed by atoms with Gasteiger partial charge in [-0.2, -0.15) is 0 Å². The lowest BCUT2D eigenvalue weighted by molar-refractivity contribution is -0.0236. The second-order valence-electron chi connectivity index (χ2n) is 6.64. The van der Waals surface area contributed by atoms with E-state index in [-0.39, 0.29) is 42.6 Å². The number of carbonyl (C=O) groups excluding carboxylic acids is 1. The molecule has 1 atom stereocenters. The molecule has 1 fully saturated rings. The molecule has 29 heavy (non-hydrogen) atoms. The molecular formula is C20H23Cl2FN4O2. The van der Waals surface area contributed by atoms with Gasteiger partial charge in [-0.05, 0) is 49.4 Å². The van der Waals surface area contributed by atoms with Crippen LogP contribution in [0.5, 0.6) is 0 Å². The zero-order valence-electron chi connectivity index (χ0n) is 15.7. The molecule has 1 unspecified atom stereocenters. The van der Waals surface area contributed by atoms with E-state index in [1.165, 1.54) is 12.1 Å². The van der Waals surface area contributed by atoms with Crippen LogP contribution in [0.2, 0.25) is 0 Å². The zero-order chi connectivity index (χ0) is 18.8. The van der Waals surface area contributed by atoms with Gasteiger partial charge < -0.3 is 19.8 Å². The molecule has 1 amide bonds. The fourth-order valence-electron chi connectivity index (χ4n) is 3.32. The second-order valence-corrected chi connectivity index (χ2v) is 6.64. The predicted octanol–water partition coefficient (Wildman–Crippen LogP) is 3.17. The van der Waals surface area contributed by atoms with Gasteiger partial charge in [-0.1, -0.05) is 0 Å². The van der Waals surface area contributed by atoms with Crippen LogP contribution in [0.25, 0.3) is 16.9 Å². The van der Waals surface area contributed by atoms with Crippen molar-refractivity contribution in [1.29, 1.82) is 0 Å². The Labute approximate surface area is 180 Å². The van der Waals surface area contributed by atoms with Crippen LogP contribution < -0.4 is 5.73 Å². The van der Waals surface area contributed by atoms with Crippen molar-refractivity contribution >= 4 is 36.4 Å². The van der Waals surface area contributed by atoms with Crippen molar-refractivity contribution in [2.24, 2.45) is 5.73 Å². The van der Waals surface area contributed by atoms with Crippen molar-refractivity contribution in [2.45, 2.75) is 12.5 Å². The molecule has 1 aliphatic rings. The standard InChI is InChI=1S/C20H21FN4O2.2ClH/c21-16-4-1-14(2-5-16)18-13-25-11-15(3-6-19(25)23-18)20(26)24-9-10-27-17(12-24)7-8-22;;/h1-6,11,13,17H,7-10,12,22H2;2*1H. The molecule has 6 nitrogen and oxygen atoms in total. The fraction of sp³-hybridized carbons (Fsp3) is 0.300. The summed E-state index contributed by atoms with van der Waals surface area (Å²) >= 11 is 0.